The third-order valence-corrected chi connectivity index (χ3v) is 3.30. The van der Waals surface area contributed by atoms with Crippen LogP contribution < -0.4 is 10.6 Å². The molecule has 0 unspecified atom stereocenters. The minimum atomic E-state index is -0.271. The largest absolute Gasteiger partial charge is 0.383 e. The molecule has 1 aromatic carbocycles. The quantitative estimate of drug-likeness (QED) is 0.782. The zero-order valence-electron chi connectivity index (χ0n) is 11.5. The minimum Gasteiger partial charge on any atom is -0.383 e. The Morgan fingerprint density at radius 3 is 2.76 bits per heavy atom. The summed E-state index contributed by atoms with van der Waals surface area (Å²) in [5, 5.41) is 5.80. The molecule has 2 rings (SSSR count). The number of benzene rings is 1. The van der Waals surface area contributed by atoms with Gasteiger partial charge in [-0.15, -0.1) is 0 Å². The van der Waals surface area contributed by atoms with E-state index in [-0.39, 0.29) is 11.6 Å². The van der Waals surface area contributed by atoms with E-state index in [4.69, 9.17) is 4.74 Å². The summed E-state index contributed by atoms with van der Waals surface area (Å²) in [6.45, 7) is 0.898. The number of hydrogen-bond acceptors (Lipinski definition) is 5. The molecule has 0 aliphatic heterocycles. The van der Waals surface area contributed by atoms with E-state index in [2.05, 4.69) is 36.5 Å². The Morgan fingerprint density at radius 2 is 2.10 bits per heavy atom. The second kappa shape index (κ2) is 7.70. The SMILES string of the molecule is COCCNC(=O)c1cnc(Nc2ccccc2Br)cn1. The van der Waals surface area contributed by atoms with Crippen molar-refractivity contribution in [1.29, 1.82) is 0 Å². The fraction of sp³-hybridized carbons (Fsp3) is 0.214. The number of para-hydroxylation sites is 1. The maximum Gasteiger partial charge on any atom is 0.271 e. The number of aromatic nitrogens is 2. The van der Waals surface area contributed by atoms with Crippen LogP contribution >= 0.6 is 15.9 Å². The van der Waals surface area contributed by atoms with Gasteiger partial charge in [-0.25, -0.2) is 9.97 Å². The summed E-state index contributed by atoms with van der Waals surface area (Å²) in [5.74, 6) is 0.294. The molecular weight excluding hydrogens is 336 g/mol. The Morgan fingerprint density at radius 1 is 1.29 bits per heavy atom. The van der Waals surface area contributed by atoms with E-state index in [0.717, 1.165) is 10.2 Å². The number of ether oxygens (including phenoxy) is 1. The molecule has 0 aliphatic carbocycles. The van der Waals surface area contributed by atoms with E-state index < -0.39 is 0 Å². The average Bonchev–Trinajstić information content (AvgIpc) is 2.50. The van der Waals surface area contributed by atoms with Crippen LogP contribution in [-0.4, -0.2) is 36.1 Å². The van der Waals surface area contributed by atoms with Gasteiger partial charge in [-0.2, -0.15) is 0 Å². The molecule has 0 bridgehead atoms. The molecule has 6 nitrogen and oxygen atoms in total. The first kappa shape index (κ1) is 15.4. The van der Waals surface area contributed by atoms with E-state index in [1.807, 2.05) is 24.3 Å². The van der Waals surface area contributed by atoms with Crippen molar-refractivity contribution in [2.24, 2.45) is 0 Å². The number of nitrogens with zero attached hydrogens (tertiary/aromatic N) is 2. The molecule has 0 radical (unpaired) electrons. The summed E-state index contributed by atoms with van der Waals surface area (Å²) < 4.78 is 5.78. The highest BCUT2D eigenvalue weighted by molar-refractivity contribution is 9.10. The molecule has 0 saturated carbocycles. The molecule has 1 aromatic heterocycles. The third-order valence-electron chi connectivity index (χ3n) is 2.61. The molecule has 1 heterocycles. The van der Waals surface area contributed by atoms with Crippen molar-refractivity contribution in [2.45, 2.75) is 0 Å². The number of anilines is 2. The Hall–Kier alpha value is -1.99. The smallest absolute Gasteiger partial charge is 0.271 e. The lowest BCUT2D eigenvalue weighted by atomic mass is 10.3. The molecule has 0 saturated heterocycles. The molecule has 0 spiro atoms. The lowest BCUT2D eigenvalue weighted by Crippen LogP contribution is -2.27. The maximum absolute atomic E-state index is 11.7. The molecular formula is C14H15BrN4O2. The van der Waals surface area contributed by atoms with E-state index in [1.165, 1.54) is 12.4 Å². The van der Waals surface area contributed by atoms with Gasteiger partial charge in [0.1, 0.15) is 11.5 Å². The lowest BCUT2D eigenvalue weighted by molar-refractivity contribution is 0.0932. The highest BCUT2D eigenvalue weighted by Crippen LogP contribution is 2.23. The van der Waals surface area contributed by atoms with Crippen molar-refractivity contribution in [3.63, 3.8) is 0 Å². The summed E-state index contributed by atoms with van der Waals surface area (Å²) in [6.07, 6.45) is 2.95. The Bertz CT molecular complexity index is 604. The molecule has 7 heteroatoms. The van der Waals surface area contributed by atoms with Gasteiger partial charge < -0.3 is 15.4 Å². The van der Waals surface area contributed by atoms with Crippen molar-refractivity contribution in [2.75, 3.05) is 25.6 Å². The number of nitrogens with one attached hydrogen (secondary N) is 2. The molecule has 21 heavy (non-hydrogen) atoms. The van der Waals surface area contributed by atoms with Crippen molar-refractivity contribution in [3.8, 4) is 0 Å². The van der Waals surface area contributed by atoms with Gasteiger partial charge >= 0.3 is 0 Å². The van der Waals surface area contributed by atoms with Crippen LogP contribution in [0.15, 0.2) is 41.1 Å². The number of amides is 1. The van der Waals surface area contributed by atoms with Crippen LogP contribution in [0.25, 0.3) is 0 Å². The van der Waals surface area contributed by atoms with Crippen LogP contribution in [0.4, 0.5) is 11.5 Å². The molecule has 110 valence electrons. The molecule has 0 aliphatic rings. The monoisotopic (exact) mass is 350 g/mol. The molecule has 1 amide bonds. The highest BCUT2D eigenvalue weighted by atomic mass is 79.9. The van der Waals surface area contributed by atoms with Crippen LogP contribution in [0, 0.1) is 0 Å². The summed E-state index contributed by atoms with van der Waals surface area (Å²) >= 11 is 3.44. The van der Waals surface area contributed by atoms with Gasteiger partial charge in [0.05, 0.1) is 24.7 Å². The van der Waals surface area contributed by atoms with Crippen LogP contribution in [-0.2, 0) is 4.74 Å². The van der Waals surface area contributed by atoms with Crippen LogP contribution in [0.1, 0.15) is 10.5 Å². The van der Waals surface area contributed by atoms with Crippen LogP contribution in [0.5, 0.6) is 0 Å². The van der Waals surface area contributed by atoms with Gasteiger partial charge in [-0.3, -0.25) is 4.79 Å². The fourth-order valence-corrected chi connectivity index (χ4v) is 1.95. The van der Waals surface area contributed by atoms with E-state index in [9.17, 15) is 4.79 Å². The first-order chi connectivity index (χ1) is 10.2. The number of halogens is 1. The summed E-state index contributed by atoms with van der Waals surface area (Å²) in [6, 6.07) is 7.68. The summed E-state index contributed by atoms with van der Waals surface area (Å²) in [7, 11) is 1.58. The van der Waals surface area contributed by atoms with Gasteiger partial charge in [0, 0.05) is 18.1 Å². The molecule has 0 fully saturated rings. The van der Waals surface area contributed by atoms with Gasteiger partial charge in [-0.1, -0.05) is 12.1 Å². The number of carbonyl (C=O) groups excluding carboxylic acids is 1. The molecule has 2 aromatic rings. The predicted octanol–water partition coefficient (Wildman–Crippen LogP) is 2.36. The third kappa shape index (κ3) is 4.51. The lowest BCUT2D eigenvalue weighted by Gasteiger charge is -2.08. The van der Waals surface area contributed by atoms with Crippen molar-refractivity contribution in [3.05, 3.63) is 46.8 Å². The normalized spacial score (nSPS) is 10.2. The Kier molecular flexibility index (Phi) is 5.65. The first-order valence-electron chi connectivity index (χ1n) is 6.31. The zero-order chi connectivity index (χ0) is 15.1. The Balaban J connectivity index is 1.99. The van der Waals surface area contributed by atoms with Gasteiger partial charge in [0.25, 0.3) is 5.91 Å². The van der Waals surface area contributed by atoms with Gasteiger partial charge in [0.15, 0.2) is 0 Å². The highest BCUT2D eigenvalue weighted by Gasteiger charge is 2.07. The number of methoxy groups -OCH3 is 1. The van der Waals surface area contributed by atoms with Crippen LogP contribution in [0.2, 0.25) is 0 Å². The zero-order valence-corrected chi connectivity index (χ0v) is 13.1. The topological polar surface area (TPSA) is 76.1 Å². The number of carbonyl (C=O) groups is 1. The number of rotatable bonds is 6. The van der Waals surface area contributed by atoms with Crippen LogP contribution in [0.3, 0.4) is 0 Å². The van der Waals surface area contributed by atoms with Gasteiger partial charge in [-0.05, 0) is 28.1 Å². The standard InChI is InChI=1S/C14H15BrN4O2/c1-21-7-6-16-14(20)12-8-18-13(9-17-12)19-11-5-3-2-4-10(11)15/h2-5,8-9H,6-7H2,1H3,(H,16,20)(H,18,19). The first-order valence-corrected chi connectivity index (χ1v) is 7.10. The van der Waals surface area contributed by atoms with Crippen molar-refractivity contribution in [1.82, 2.24) is 15.3 Å². The fourth-order valence-electron chi connectivity index (χ4n) is 1.57. The number of hydrogen-bond donors (Lipinski definition) is 2. The summed E-state index contributed by atoms with van der Waals surface area (Å²) in [5.41, 5.74) is 1.15. The van der Waals surface area contributed by atoms with E-state index >= 15 is 0 Å². The summed E-state index contributed by atoms with van der Waals surface area (Å²) in [4.78, 5) is 20.0. The second-order valence-electron chi connectivity index (χ2n) is 4.14. The molecule has 0 atom stereocenters. The maximum atomic E-state index is 11.7. The average molecular weight is 351 g/mol. The van der Waals surface area contributed by atoms with E-state index in [1.54, 1.807) is 7.11 Å². The van der Waals surface area contributed by atoms with E-state index in [0.29, 0.717) is 19.0 Å². The Labute approximate surface area is 131 Å². The van der Waals surface area contributed by atoms with Crippen molar-refractivity contribution >= 4 is 33.3 Å². The second-order valence-corrected chi connectivity index (χ2v) is 4.99. The minimum absolute atomic E-state index is 0.267. The molecule has 2 N–H and O–H groups in total. The van der Waals surface area contributed by atoms with Gasteiger partial charge in [0.2, 0.25) is 0 Å². The predicted molar refractivity (Wildman–Crippen MR) is 83.7 cm³/mol. The van der Waals surface area contributed by atoms with Crippen molar-refractivity contribution < 1.29 is 9.53 Å².